The number of benzene rings is 2. The Bertz CT molecular complexity index is 1610. The second kappa shape index (κ2) is 10.3. The summed E-state index contributed by atoms with van der Waals surface area (Å²) < 4.78 is 1.55. The standard InChI is InChI=1S/C33H35N3O3S/c37-29(18-27(24-10-11-24)23-5-2-1-3-6-23)35-15-13-33(39,14-16-35)20-36-21-34-30-28(32(36)38)19-40-31(30)26-12-9-22-7-4-8-25(22)17-26/h1-3,5-6,9,12,17,19,21,24,27,39H,4,7-8,10-11,13-16,18,20H2. The van der Waals surface area contributed by atoms with Crippen LogP contribution in [0, 0.1) is 5.92 Å². The monoisotopic (exact) mass is 553 g/mol. The molecule has 1 aliphatic heterocycles. The summed E-state index contributed by atoms with van der Waals surface area (Å²) in [6, 6.07) is 17.0. The van der Waals surface area contributed by atoms with Crippen LogP contribution in [0.5, 0.6) is 0 Å². The third kappa shape index (κ3) is 4.90. The summed E-state index contributed by atoms with van der Waals surface area (Å²) in [4.78, 5) is 34.3. The van der Waals surface area contributed by atoms with Gasteiger partial charge in [0.25, 0.3) is 5.56 Å². The highest BCUT2D eigenvalue weighted by atomic mass is 32.1. The van der Waals surface area contributed by atoms with Crippen molar-refractivity contribution in [3.8, 4) is 10.4 Å². The van der Waals surface area contributed by atoms with Crippen LogP contribution in [0.15, 0.2) is 65.0 Å². The number of hydrogen-bond donors (Lipinski definition) is 1. The van der Waals surface area contributed by atoms with E-state index in [0.29, 0.717) is 43.7 Å². The highest BCUT2D eigenvalue weighted by Gasteiger charge is 2.38. The number of likely N-dealkylation sites (tertiary alicyclic amines) is 1. The van der Waals surface area contributed by atoms with Crippen LogP contribution in [-0.2, 0) is 24.2 Å². The molecule has 1 unspecified atom stereocenters. The van der Waals surface area contributed by atoms with Crippen molar-refractivity contribution in [2.24, 2.45) is 5.92 Å². The van der Waals surface area contributed by atoms with Crippen molar-refractivity contribution in [2.75, 3.05) is 13.1 Å². The van der Waals surface area contributed by atoms with Gasteiger partial charge in [-0.1, -0.05) is 42.5 Å². The first kappa shape index (κ1) is 25.7. The van der Waals surface area contributed by atoms with E-state index in [1.165, 1.54) is 36.0 Å². The molecule has 40 heavy (non-hydrogen) atoms. The van der Waals surface area contributed by atoms with E-state index in [-0.39, 0.29) is 23.9 Å². The van der Waals surface area contributed by atoms with Gasteiger partial charge in [-0.15, -0.1) is 11.3 Å². The maximum Gasteiger partial charge on any atom is 0.262 e. The van der Waals surface area contributed by atoms with Crippen LogP contribution < -0.4 is 5.56 Å². The van der Waals surface area contributed by atoms with Crippen molar-refractivity contribution in [1.82, 2.24) is 14.5 Å². The first-order valence-corrected chi connectivity index (χ1v) is 15.5. The van der Waals surface area contributed by atoms with Gasteiger partial charge in [-0.25, -0.2) is 4.98 Å². The molecule has 1 N–H and O–H groups in total. The van der Waals surface area contributed by atoms with Crippen LogP contribution >= 0.6 is 11.3 Å². The van der Waals surface area contributed by atoms with Crippen molar-refractivity contribution in [3.63, 3.8) is 0 Å². The van der Waals surface area contributed by atoms with E-state index in [2.05, 4.69) is 30.3 Å². The molecular weight excluding hydrogens is 518 g/mol. The zero-order chi connectivity index (χ0) is 27.3. The van der Waals surface area contributed by atoms with Gasteiger partial charge in [0.1, 0.15) is 0 Å². The predicted octanol–water partition coefficient (Wildman–Crippen LogP) is 5.55. The summed E-state index contributed by atoms with van der Waals surface area (Å²) in [5, 5.41) is 13.9. The van der Waals surface area contributed by atoms with E-state index in [9.17, 15) is 14.7 Å². The molecule has 0 spiro atoms. The normalized spacial score (nSPS) is 19.1. The Balaban J connectivity index is 1.03. The molecule has 206 valence electrons. The van der Waals surface area contributed by atoms with E-state index in [1.54, 1.807) is 22.2 Å². The summed E-state index contributed by atoms with van der Waals surface area (Å²) in [5.41, 5.74) is 4.79. The van der Waals surface area contributed by atoms with Gasteiger partial charge in [0.15, 0.2) is 0 Å². The van der Waals surface area contributed by atoms with Crippen molar-refractivity contribution >= 4 is 28.1 Å². The SMILES string of the molecule is O=C(CC(c1ccccc1)C1CC1)N1CCC(O)(Cn2cnc3c(-c4ccc5c(c4)CCC5)scc3c2=O)CC1. The van der Waals surface area contributed by atoms with Crippen LogP contribution in [0.4, 0.5) is 0 Å². The van der Waals surface area contributed by atoms with E-state index >= 15 is 0 Å². The number of hydrogen-bond acceptors (Lipinski definition) is 5. The Morgan fingerprint density at radius 2 is 1.85 bits per heavy atom. The largest absolute Gasteiger partial charge is 0.388 e. The fourth-order valence-corrected chi connectivity index (χ4v) is 7.70. The molecule has 2 fully saturated rings. The van der Waals surface area contributed by atoms with Crippen LogP contribution in [-0.4, -0.2) is 44.2 Å². The fourth-order valence-electron chi connectivity index (χ4n) is 6.72. The zero-order valence-electron chi connectivity index (χ0n) is 22.7. The Morgan fingerprint density at radius 1 is 1.07 bits per heavy atom. The number of aromatic nitrogens is 2. The molecule has 2 aliphatic carbocycles. The van der Waals surface area contributed by atoms with E-state index in [0.717, 1.165) is 28.8 Å². The Labute approximate surface area is 238 Å². The molecule has 0 radical (unpaired) electrons. The van der Waals surface area contributed by atoms with Crippen molar-refractivity contribution in [3.05, 3.63) is 87.3 Å². The van der Waals surface area contributed by atoms with Crippen LogP contribution in [0.3, 0.4) is 0 Å². The number of amides is 1. The van der Waals surface area contributed by atoms with Gasteiger partial charge in [0.05, 0.1) is 34.3 Å². The maximum atomic E-state index is 13.4. The molecule has 7 rings (SSSR count). The molecule has 3 heterocycles. The first-order chi connectivity index (χ1) is 19.5. The number of carbonyl (C=O) groups excluding carboxylic acids is 1. The quantitative estimate of drug-likeness (QED) is 0.326. The molecule has 1 amide bonds. The minimum atomic E-state index is -1.04. The zero-order valence-corrected chi connectivity index (χ0v) is 23.5. The molecular formula is C33H35N3O3S. The molecule has 1 saturated carbocycles. The van der Waals surface area contributed by atoms with Gasteiger partial charge >= 0.3 is 0 Å². The van der Waals surface area contributed by atoms with Crippen molar-refractivity contribution < 1.29 is 9.90 Å². The number of nitrogens with zero attached hydrogens (tertiary/aromatic N) is 3. The molecule has 0 bridgehead atoms. The highest BCUT2D eigenvalue weighted by molar-refractivity contribution is 7.15. The van der Waals surface area contributed by atoms with E-state index in [4.69, 9.17) is 4.98 Å². The van der Waals surface area contributed by atoms with Gasteiger partial charge < -0.3 is 10.0 Å². The lowest BCUT2D eigenvalue weighted by molar-refractivity contribution is -0.136. The summed E-state index contributed by atoms with van der Waals surface area (Å²) in [6.07, 6.45) is 8.87. The van der Waals surface area contributed by atoms with E-state index in [1.807, 2.05) is 28.5 Å². The summed E-state index contributed by atoms with van der Waals surface area (Å²) in [7, 11) is 0. The number of thiophene rings is 1. The molecule has 4 aromatic rings. The van der Waals surface area contributed by atoms with Crippen LogP contribution in [0.25, 0.3) is 21.3 Å². The highest BCUT2D eigenvalue weighted by Crippen LogP contribution is 2.45. The minimum Gasteiger partial charge on any atom is -0.388 e. The number of piperidine rings is 1. The topological polar surface area (TPSA) is 75.4 Å². The lowest BCUT2D eigenvalue weighted by Gasteiger charge is -2.39. The van der Waals surface area contributed by atoms with Gasteiger partial charge in [0.2, 0.25) is 5.91 Å². The second-order valence-corrected chi connectivity index (χ2v) is 12.9. The molecule has 3 aliphatic rings. The number of fused-ring (bicyclic) bond motifs is 2. The van der Waals surface area contributed by atoms with Gasteiger partial charge in [-0.05, 0) is 85.1 Å². The minimum absolute atomic E-state index is 0.115. The average Bonchev–Trinajstić information content (AvgIpc) is 3.54. The molecule has 1 saturated heterocycles. The average molecular weight is 554 g/mol. The number of carbonyl (C=O) groups is 1. The smallest absolute Gasteiger partial charge is 0.262 e. The molecule has 2 aromatic carbocycles. The molecule has 6 nitrogen and oxygen atoms in total. The lowest BCUT2D eigenvalue weighted by atomic mass is 9.88. The lowest BCUT2D eigenvalue weighted by Crippen LogP contribution is -2.49. The number of aliphatic hydroxyl groups is 1. The van der Waals surface area contributed by atoms with Gasteiger partial charge in [0, 0.05) is 24.9 Å². The van der Waals surface area contributed by atoms with Crippen LogP contribution in [0.1, 0.15) is 61.1 Å². The number of rotatable bonds is 7. The van der Waals surface area contributed by atoms with E-state index < -0.39 is 5.60 Å². The summed E-state index contributed by atoms with van der Waals surface area (Å²) in [5.74, 6) is 1.04. The molecule has 2 aromatic heterocycles. The van der Waals surface area contributed by atoms with Gasteiger partial charge in [-0.2, -0.15) is 0 Å². The van der Waals surface area contributed by atoms with Crippen LogP contribution in [0.2, 0.25) is 0 Å². The van der Waals surface area contributed by atoms with Crippen molar-refractivity contribution in [1.29, 1.82) is 0 Å². The van der Waals surface area contributed by atoms with Crippen molar-refractivity contribution in [2.45, 2.75) is 69.4 Å². The third-order valence-corrected chi connectivity index (χ3v) is 10.3. The molecule has 7 heteroatoms. The Kier molecular flexibility index (Phi) is 6.59. The predicted molar refractivity (Wildman–Crippen MR) is 159 cm³/mol. The second-order valence-electron chi connectivity index (χ2n) is 12.0. The fraction of sp³-hybridized carbons (Fsp3) is 0.424. The number of aryl methyl sites for hydroxylation is 2. The summed E-state index contributed by atoms with van der Waals surface area (Å²) in [6.45, 7) is 1.20. The Morgan fingerprint density at radius 3 is 2.62 bits per heavy atom. The van der Waals surface area contributed by atoms with Gasteiger partial charge in [-0.3, -0.25) is 14.2 Å². The third-order valence-electron chi connectivity index (χ3n) is 9.27. The summed E-state index contributed by atoms with van der Waals surface area (Å²) >= 11 is 1.56. The maximum absolute atomic E-state index is 13.4. The first-order valence-electron chi connectivity index (χ1n) is 14.6. The molecule has 1 atom stereocenters. The Hall–Kier alpha value is -3.29.